The minimum absolute atomic E-state index is 0.105. The number of nitrogen functional groups attached to an aromatic ring is 1. The van der Waals surface area contributed by atoms with E-state index in [1.807, 2.05) is 6.92 Å². The normalized spacial score (nSPS) is 10.1. The van der Waals surface area contributed by atoms with E-state index in [1.165, 1.54) is 0 Å². The summed E-state index contributed by atoms with van der Waals surface area (Å²) >= 11 is 0. The van der Waals surface area contributed by atoms with Gasteiger partial charge in [0, 0.05) is 19.1 Å². The topological polar surface area (TPSA) is 77.6 Å². The predicted molar refractivity (Wildman–Crippen MR) is 61.6 cm³/mol. The number of aliphatic hydroxyl groups is 1. The molecule has 1 aromatic rings. The van der Waals surface area contributed by atoms with Gasteiger partial charge in [0.1, 0.15) is 0 Å². The van der Waals surface area contributed by atoms with Crippen molar-refractivity contribution in [1.82, 2.24) is 4.98 Å². The first-order chi connectivity index (χ1) is 7.77. The summed E-state index contributed by atoms with van der Waals surface area (Å²) in [5.74, 6) is 0.872. The van der Waals surface area contributed by atoms with Gasteiger partial charge in [0.15, 0.2) is 0 Å². The largest absolute Gasteiger partial charge is 0.477 e. The molecule has 90 valence electrons. The zero-order valence-corrected chi connectivity index (χ0v) is 9.48. The molecule has 5 nitrogen and oxygen atoms in total. The molecule has 0 saturated heterocycles. The molecule has 0 radical (unpaired) electrons. The molecular formula is C11H18N2O3. The van der Waals surface area contributed by atoms with Crippen LogP contribution in [0, 0.1) is 0 Å². The Hall–Kier alpha value is -1.49. The van der Waals surface area contributed by atoms with Crippen molar-refractivity contribution < 1.29 is 14.6 Å². The van der Waals surface area contributed by atoms with Crippen molar-refractivity contribution >= 4 is 5.69 Å². The Morgan fingerprint density at radius 1 is 1.31 bits per heavy atom. The van der Waals surface area contributed by atoms with E-state index in [-0.39, 0.29) is 6.61 Å². The Morgan fingerprint density at radius 2 is 2.12 bits per heavy atom. The Kier molecular flexibility index (Phi) is 5.42. The Bertz CT molecular complexity index is 318. The van der Waals surface area contributed by atoms with Gasteiger partial charge in [-0.3, -0.25) is 0 Å². The lowest BCUT2D eigenvalue weighted by Gasteiger charge is -2.09. The first-order valence-corrected chi connectivity index (χ1v) is 5.41. The minimum Gasteiger partial charge on any atom is -0.477 e. The van der Waals surface area contributed by atoms with Gasteiger partial charge in [-0.15, -0.1) is 0 Å². The van der Waals surface area contributed by atoms with Gasteiger partial charge in [0.2, 0.25) is 11.8 Å². The van der Waals surface area contributed by atoms with Gasteiger partial charge in [0.05, 0.1) is 18.9 Å². The number of hydrogen-bond donors (Lipinski definition) is 2. The van der Waals surface area contributed by atoms with Crippen LogP contribution in [0.5, 0.6) is 11.8 Å². The average molecular weight is 226 g/mol. The highest BCUT2D eigenvalue weighted by Crippen LogP contribution is 2.22. The van der Waals surface area contributed by atoms with Crippen LogP contribution in [0.25, 0.3) is 0 Å². The molecule has 0 fully saturated rings. The molecule has 0 aliphatic carbocycles. The van der Waals surface area contributed by atoms with Crippen molar-refractivity contribution in [2.75, 3.05) is 25.6 Å². The summed E-state index contributed by atoms with van der Waals surface area (Å²) in [5.41, 5.74) is 6.20. The third-order valence-electron chi connectivity index (χ3n) is 1.86. The van der Waals surface area contributed by atoms with Crippen molar-refractivity contribution in [2.45, 2.75) is 19.8 Å². The fourth-order valence-corrected chi connectivity index (χ4v) is 1.07. The molecule has 0 unspecified atom stereocenters. The molecule has 0 spiro atoms. The molecule has 1 rings (SSSR count). The summed E-state index contributed by atoms with van der Waals surface area (Å²) in [5, 5.41) is 8.61. The summed E-state index contributed by atoms with van der Waals surface area (Å²) in [6.45, 7) is 3.13. The molecule has 0 atom stereocenters. The second-order valence-corrected chi connectivity index (χ2v) is 3.32. The number of hydrogen-bond acceptors (Lipinski definition) is 5. The highest BCUT2D eigenvalue weighted by atomic mass is 16.5. The van der Waals surface area contributed by atoms with Crippen LogP contribution in [0.1, 0.15) is 19.8 Å². The Balaban J connectivity index is 2.58. The monoisotopic (exact) mass is 226 g/mol. The van der Waals surface area contributed by atoms with E-state index in [0.717, 1.165) is 6.42 Å². The molecule has 0 amide bonds. The lowest BCUT2D eigenvalue weighted by molar-refractivity contribution is 0.226. The highest BCUT2D eigenvalue weighted by molar-refractivity contribution is 5.49. The van der Waals surface area contributed by atoms with Crippen LogP contribution in [-0.2, 0) is 0 Å². The molecule has 0 aliphatic heterocycles. The predicted octanol–water partition coefficient (Wildman–Crippen LogP) is 1.21. The molecule has 0 saturated carbocycles. The maximum absolute atomic E-state index is 8.61. The SMILES string of the molecule is CCCOc1nc(OCCCO)ccc1N. The average Bonchev–Trinajstić information content (AvgIpc) is 2.30. The summed E-state index contributed by atoms with van der Waals surface area (Å²) < 4.78 is 10.7. The van der Waals surface area contributed by atoms with Crippen LogP contribution in [-0.4, -0.2) is 29.9 Å². The molecule has 1 heterocycles. The van der Waals surface area contributed by atoms with E-state index in [9.17, 15) is 0 Å². The summed E-state index contributed by atoms with van der Waals surface area (Å²) in [6, 6.07) is 3.39. The second kappa shape index (κ2) is 6.90. The summed E-state index contributed by atoms with van der Waals surface area (Å²) in [4.78, 5) is 4.13. The van der Waals surface area contributed by atoms with E-state index in [1.54, 1.807) is 12.1 Å². The highest BCUT2D eigenvalue weighted by Gasteiger charge is 2.04. The Morgan fingerprint density at radius 3 is 2.81 bits per heavy atom. The molecule has 16 heavy (non-hydrogen) atoms. The van der Waals surface area contributed by atoms with Gasteiger partial charge in [0.25, 0.3) is 0 Å². The fraction of sp³-hybridized carbons (Fsp3) is 0.545. The van der Waals surface area contributed by atoms with E-state index in [4.69, 9.17) is 20.3 Å². The standard InChI is InChI=1S/C11H18N2O3/c1-2-7-16-11-9(12)4-5-10(13-11)15-8-3-6-14/h4-5,14H,2-3,6-8,12H2,1H3. The van der Waals surface area contributed by atoms with Crippen molar-refractivity contribution in [2.24, 2.45) is 0 Å². The zero-order valence-electron chi connectivity index (χ0n) is 9.48. The molecular weight excluding hydrogens is 208 g/mol. The van der Waals surface area contributed by atoms with E-state index in [0.29, 0.717) is 37.1 Å². The summed E-state index contributed by atoms with van der Waals surface area (Å²) in [7, 11) is 0. The van der Waals surface area contributed by atoms with Crippen molar-refractivity contribution in [3.05, 3.63) is 12.1 Å². The van der Waals surface area contributed by atoms with E-state index >= 15 is 0 Å². The number of aliphatic hydroxyl groups excluding tert-OH is 1. The van der Waals surface area contributed by atoms with Gasteiger partial charge in [-0.1, -0.05) is 6.92 Å². The first kappa shape index (κ1) is 12.6. The maximum Gasteiger partial charge on any atom is 0.240 e. The van der Waals surface area contributed by atoms with Crippen LogP contribution in [0.15, 0.2) is 12.1 Å². The quantitative estimate of drug-likeness (QED) is 0.683. The second-order valence-electron chi connectivity index (χ2n) is 3.32. The smallest absolute Gasteiger partial charge is 0.240 e. The van der Waals surface area contributed by atoms with Crippen LogP contribution in [0.3, 0.4) is 0 Å². The number of aromatic nitrogens is 1. The van der Waals surface area contributed by atoms with Gasteiger partial charge in [-0.2, -0.15) is 4.98 Å². The van der Waals surface area contributed by atoms with Gasteiger partial charge in [-0.05, 0) is 12.5 Å². The fourth-order valence-electron chi connectivity index (χ4n) is 1.07. The Labute approximate surface area is 95.2 Å². The summed E-state index contributed by atoms with van der Waals surface area (Å²) in [6.07, 6.45) is 1.48. The third-order valence-corrected chi connectivity index (χ3v) is 1.86. The van der Waals surface area contributed by atoms with Crippen LogP contribution >= 0.6 is 0 Å². The third kappa shape index (κ3) is 3.94. The van der Waals surface area contributed by atoms with Gasteiger partial charge in [-0.25, -0.2) is 0 Å². The first-order valence-electron chi connectivity index (χ1n) is 5.41. The lowest BCUT2D eigenvalue weighted by Crippen LogP contribution is -2.05. The molecule has 3 N–H and O–H groups in total. The van der Waals surface area contributed by atoms with Crippen LogP contribution in [0.4, 0.5) is 5.69 Å². The zero-order chi connectivity index (χ0) is 11.8. The number of anilines is 1. The number of pyridine rings is 1. The lowest BCUT2D eigenvalue weighted by atomic mass is 10.4. The van der Waals surface area contributed by atoms with Crippen LogP contribution in [0.2, 0.25) is 0 Å². The van der Waals surface area contributed by atoms with Crippen molar-refractivity contribution in [3.63, 3.8) is 0 Å². The van der Waals surface area contributed by atoms with Crippen molar-refractivity contribution in [1.29, 1.82) is 0 Å². The maximum atomic E-state index is 8.61. The number of rotatable bonds is 7. The van der Waals surface area contributed by atoms with Gasteiger partial charge >= 0.3 is 0 Å². The number of nitrogens with two attached hydrogens (primary N) is 1. The van der Waals surface area contributed by atoms with E-state index in [2.05, 4.69) is 4.98 Å². The molecule has 1 aromatic heterocycles. The minimum atomic E-state index is 0.105. The van der Waals surface area contributed by atoms with Crippen LogP contribution < -0.4 is 15.2 Å². The molecule has 5 heteroatoms. The number of nitrogens with zero attached hydrogens (tertiary/aromatic N) is 1. The number of ether oxygens (including phenoxy) is 2. The van der Waals surface area contributed by atoms with Crippen molar-refractivity contribution in [3.8, 4) is 11.8 Å². The molecule has 0 aromatic carbocycles. The molecule has 0 aliphatic rings. The van der Waals surface area contributed by atoms with Gasteiger partial charge < -0.3 is 20.3 Å². The molecule has 0 bridgehead atoms. The van der Waals surface area contributed by atoms with E-state index < -0.39 is 0 Å².